The fourth-order valence-corrected chi connectivity index (χ4v) is 13.8. The van der Waals surface area contributed by atoms with Gasteiger partial charge in [-0.2, -0.15) is 11.8 Å². The number of nitrogens with one attached hydrogen (secondary N) is 14. The lowest BCUT2D eigenvalue weighted by atomic mass is 9.91. The summed E-state index contributed by atoms with van der Waals surface area (Å²) in [7, 11) is 0. The molecule has 1 aromatic heterocycles. The Morgan fingerprint density at radius 3 is 1.80 bits per heavy atom. The third-order valence-electron chi connectivity index (χ3n) is 19.2. The number of aliphatic hydroxyl groups is 1. The SMILES string of the molecule is CC(=O)NCCCC[C@H](NC(=O)[C@](C)(CCCCN)NC(=O)[C@H](Cc1ccc2ccccc2c1)NC(=O)[C@H](Cc1ccc(C(N)=O)cc1)NC(=O)[C@@H]1CSCC[C@H](NC(C)=O)C(=O)N[C@@H](CCC(N)=O)C(=O)N[C@@H]([C@@H](C)O)C(=O)N[C@@H](Cc2c[nH]c3ccccc23)C(=O)N[C@@H](CCC(N)=O)C(=O)N1)C(=O)N[C@@H](CC(N)=O)C(=O)NCC(N)=O. The van der Waals surface area contributed by atoms with Gasteiger partial charge in [0.15, 0.2) is 0 Å². The zero-order chi connectivity index (χ0) is 86.9. The van der Waals surface area contributed by atoms with E-state index in [9.17, 15) is 62.6 Å². The number of para-hydroxylation sites is 1. The monoisotopic (exact) mass is 1660 g/mol. The van der Waals surface area contributed by atoms with Crippen LogP contribution < -0.4 is 104 Å². The van der Waals surface area contributed by atoms with E-state index < -0.39 is 223 Å². The molecule has 5 aromatic rings. The number of carbonyl (C=O) groups excluding carboxylic acids is 18. The first-order valence-corrected chi connectivity index (χ1v) is 39.5. The topological polar surface area (TPSA) is 656 Å². The van der Waals surface area contributed by atoms with Crippen molar-refractivity contribution in [2.24, 2.45) is 34.4 Å². The predicted octanol–water partition coefficient (Wildman–Crippen LogP) is -4.85. The van der Waals surface area contributed by atoms with Gasteiger partial charge in [0.1, 0.15) is 66.0 Å². The van der Waals surface area contributed by atoms with Crippen LogP contribution in [0.5, 0.6) is 0 Å². The Balaban J connectivity index is 1.46. The number of aromatic nitrogens is 1. The quantitative estimate of drug-likeness (QED) is 0.0164. The number of hydrogen-bond acceptors (Lipinski definition) is 21. The normalized spacial score (nSPS) is 18.8. The summed E-state index contributed by atoms with van der Waals surface area (Å²) in [5.74, 6) is -18.2. The van der Waals surface area contributed by atoms with Gasteiger partial charge in [-0.25, -0.2) is 0 Å². The summed E-state index contributed by atoms with van der Waals surface area (Å²) in [6.45, 7) is 4.42. The maximum Gasteiger partial charge on any atom is 0.248 e. The molecule has 1 fully saturated rings. The van der Waals surface area contributed by atoms with E-state index in [2.05, 4.69) is 74.1 Å². The Kier molecular flexibility index (Phi) is 36.9. The van der Waals surface area contributed by atoms with E-state index in [1.165, 1.54) is 38.1 Å². The summed E-state index contributed by atoms with van der Waals surface area (Å²) in [5, 5.41) is 46.4. The minimum atomic E-state index is -2.02. The molecule has 4 aromatic carbocycles. The van der Waals surface area contributed by atoms with Crippen molar-refractivity contribution in [1.82, 2.24) is 74.1 Å². The average molecular weight is 1660 g/mol. The molecule has 0 bridgehead atoms. The lowest BCUT2D eigenvalue weighted by Crippen LogP contribution is -2.64. The lowest BCUT2D eigenvalue weighted by Gasteiger charge is -2.34. The fraction of sp³-hybridized carbons (Fsp3) is 0.462. The highest BCUT2D eigenvalue weighted by molar-refractivity contribution is 7.99. The number of unbranched alkanes of at least 4 members (excludes halogenated alkanes) is 2. The first kappa shape index (κ1) is 94.3. The first-order valence-electron chi connectivity index (χ1n) is 38.3. The lowest BCUT2D eigenvalue weighted by molar-refractivity contribution is -0.138. The largest absolute Gasteiger partial charge is 0.391 e. The van der Waals surface area contributed by atoms with Crippen molar-refractivity contribution >= 4 is 140 Å². The van der Waals surface area contributed by atoms with Crippen LogP contribution in [0, 0.1) is 0 Å². The second-order valence-electron chi connectivity index (χ2n) is 28.9. The number of thioether (sulfide) groups is 1. The van der Waals surface area contributed by atoms with Gasteiger partial charge in [0.2, 0.25) is 106 Å². The first-order chi connectivity index (χ1) is 55.9. The Bertz CT molecular complexity index is 4490. The van der Waals surface area contributed by atoms with Crippen molar-refractivity contribution in [2.45, 2.75) is 196 Å². The van der Waals surface area contributed by atoms with E-state index in [0.29, 0.717) is 33.8 Å². The molecule has 0 spiro atoms. The van der Waals surface area contributed by atoms with Gasteiger partial charge in [0.05, 0.1) is 19.1 Å². The van der Waals surface area contributed by atoms with Crippen molar-refractivity contribution in [1.29, 1.82) is 0 Å². The molecule has 0 saturated carbocycles. The number of primary amides is 5. The highest BCUT2D eigenvalue weighted by Crippen LogP contribution is 2.23. The summed E-state index contributed by atoms with van der Waals surface area (Å²) in [6, 6.07) is 7.67. The van der Waals surface area contributed by atoms with Gasteiger partial charge in [-0.1, -0.05) is 72.8 Å². The summed E-state index contributed by atoms with van der Waals surface area (Å²) in [6.07, 6.45) is -3.97. The van der Waals surface area contributed by atoms with E-state index in [1.807, 2.05) is 6.07 Å². The molecule has 18 amide bonds. The summed E-state index contributed by atoms with van der Waals surface area (Å²) < 4.78 is 0. The third-order valence-corrected chi connectivity index (χ3v) is 20.3. The number of fused-ring (bicyclic) bond motifs is 2. The molecular weight excluding hydrogens is 1550 g/mol. The van der Waals surface area contributed by atoms with Gasteiger partial charge in [-0.15, -0.1) is 0 Å². The van der Waals surface area contributed by atoms with Gasteiger partial charge in [0, 0.05) is 80.9 Å². The second kappa shape index (κ2) is 46.2. The molecule has 1 aliphatic heterocycles. The number of rotatable bonds is 39. The smallest absolute Gasteiger partial charge is 0.248 e. The van der Waals surface area contributed by atoms with Crippen molar-refractivity contribution in [3.63, 3.8) is 0 Å². The standard InChI is InChI=1S/C78H106N20O19S/c1-41(99)65-76(116)94-58(36-49-38-86-51-16-8-7-15-50(49)51)73(113)90-53(24-26-61(80)102)69(109)95-60(40-118-32-28-55(88-43(3)101)70(110)89-54(71(111)97-65)25-27-62(81)103)74(114)91-56(34-44-18-22-47(23-19-44)66(84)106)72(112)92-57(35-45-20-21-46-13-5-6-14-48(46)33-45)75(115)98-78(4,29-10-11-30-79)77(117)96-52(17-9-12-31-85-42(2)100)68(108)93-59(37-63(82)104)67(107)87-39-64(83)105/h5-8,13-16,18-23,33,38,41,52-60,65,86,99H,9-12,17,24-32,34-37,39-40,79H2,1-4H3,(H2,80,102)(H2,81,103)(H2,82,104)(H2,83,105)(H2,84,106)(H,85,100)(H,87,107)(H,88,101)(H,89,110)(H,90,113)(H,91,114)(H,92,112)(H,93,108)(H,94,116)(H,95,109)(H,96,117)(H,97,111)(H,98,115)/t41-,52+,53+,54+,55+,56+,57+,58+,59+,60+,65+,78+/m1/s1. The van der Waals surface area contributed by atoms with E-state index >= 15 is 28.8 Å². The Labute approximate surface area is 683 Å². The number of hydrogen-bond donors (Lipinski definition) is 21. The van der Waals surface area contributed by atoms with Crippen LogP contribution in [0.2, 0.25) is 0 Å². The molecule has 0 aliphatic carbocycles. The molecule has 2 heterocycles. The zero-order valence-electron chi connectivity index (χ0n) is 65.9. The number of amides is 18. The van der Waals surface area contributed by atoms with Crippen LogP contribution in [-0.2, 0) is 101 Å². The fourth-order valence-electron chi connectivity index (χ4n) is 12.8. The van der Waals surface area contributed by atoms with Gasteiger partial charge >= 0.3 is 0 Å². The number of nitrogens with two attached hydrogens (primary N) is 6. The van der Waals surface area contributed by atoms with Crippen LogP contribution in [0.1, 0.15) is 132 Å². The maximum atomic E-state index is 15.7. The van der Waals surface area contributed by atoms with E-state index in [4.69, 9.17) is 34.4 Å². The van der Waals surface area contributed by atoms with Crippen molar-refractivity contribution in [3.05, 3.63) is 119 Å². The minimum Gasteiger partial charge on any atom is -0.391 e. The van der Waals surface area contributed by atoms with Crippen LogP contribution in [0.4, 0.5) is 0 Å². The zero-order valence-corrected chi connectivity index (χ0v) is 66.7. The van der Waals surface area contributed by atoms with Gasteiger partial charge in [-0.05, 0) is 130 Å². The Morgan fingerprint density at radius 2 is 1.17 bits per heavy atom. The third kappa shape index (κ3) is 30.6. The molecule has 27 N–H and O–H groups in total. The minimum absolute atomic E-state index is 0.0355. The maximum absolute atomic E-state index is 15.7. The van der Waals surface area contributed by atoms with Crippen molar-refractivity contribution < 1.29 is 91.4 Å². The predicted molar refractivity (Wildman–Crippen MR) is 432 cm³/mol. The van der Waals surface area contributed by atoms with Crippen LogP contribution in [0.3, 0.4) is 0 Å². The average Bonchev–Trinajstić information content (AvgIpc) is 1.15. The van der Waals surface area contributed by atoms with Crippen molar-refractivity contribution in [2.75, 3.05) is 31.1 Å². The van der Waals surface area contributed by atoms with Crippen LogP contribution in [0.15, 0.2) is 97.2 Å². The number of carbonyl (C=O) groups is 18. The summed E-state index contributed by atoms with van der Waals surface area (Å²) in [4.78, 5) is 252. The van der Waals surface area contributed by atoms with Gasteiger partial charge in [0.25, 0.3) is 0 Å². The van der Waals surface area contributed by atoms with Crippen LogP contribution in [0.25, 0.3) is 21.7 Å². The van der Waals surface area contributed by atoms with E-state index in [-0.39, 0.29) is 87.2 Å². The molecule has 1 aliphatic rings. The number of H-pyrrole nitrogens is 1. The number of aliphatic hydroxyl groups excluding tert-OH is 1. The molecule has 0 radical (unpaired) electrons. The second-order valence-corrected chi connectivity index (χ2v) is 30.1. The molecule has 118 heavy (non-hydrogen) atoms. The highest BCUT2D eigenvalue weighted by Gasteiger charge is 2.42. The summed E-state index contributed by atoms with van der Waals surface area (Å²) in [5.41, 5.74) is 33.1. The molecule has 39 nitrogen and oxygen atoms in total. The highest BCUT2D eigenvalue weighted by atomic mass is 32.2. The van der Waals surface area contributed by atoms with E-state index in [0.717, 1.165) is 31.0 Å². The van der Waals surface area contributed by atoms with Gasteiger partial charge in [-0.3, -0.25) is 86.3 Å². The van der Waals surface area contributed by atoms with Crippen molar-refractivity contribution in [3.8, 4) is 0 Å². The number of aromatic amines is 1. The molecule has 638 valence electrons. The Hall–Kier alpha value is -12.6. The number of benzene rings is 4. The van der Waals surface area contributed by atoms with Crippen LogP contribution >= 0.6 is 11.8 Å². The summed E-state index contributed by atoms with van der Waals surface area (Å²) >= 11 is 0.904. The Morgan fingerprint density at radius 1 is 0.576 bits per heavy atom. The molecule has 40 heteroatoms. The van der Waals surface area contributed by atoms with Crippen LogP contribution in [-0.4, -0.2) is 220 Å². The molecule has 0 unspecified atom stereocenters. The molecule has 1 saturated heterocycles. The molecule has 12 atom stereocenters. The van der Waals surface area contributed by atoms with Gasteiger partial charge < -0.3 is 114 Å². The molecular formula is C78H106N20O19S. The molecule has 6 rings (SSSR count). The van der Waals surface area contributed by atoms with E-state index in [1.54, 1.807) is 66.9 Å².